The van der Waals surface area contributed by atoms with Crippen LogP contribution in [0.1, 0.15) is 12.8 Å². The molecule has 0 atom stereocenters. The van der Waals surface area contributed by atoms with Crippen molar-refractivity contribution in [2.75, 3.05) is 19.6 Å². The molecule has 1 saturated carbocycles. The van der Waals surface area contributed by atoms with E-state index in [1.54, 1.807) is 0 Å². The number of carboxylic acid groups (broad SMARTS) is 1. The number of nitrogens with one attached hydrogen (secondary N) is 1. The molecule has 8 nitrogen and oxygen atoms in total. The summed E-state index contributed by atoms with van der Waals surface area (Å²) in [5.74, 6) is -1.81. The Kier molecular flexibility index (Phi) is 3.36. The average molecular weight is 290 g/mol. The Morgan fingerprint density at radius 2 is 1.89 bits per heavy atom. The molecule has 0 unspecified atom stereocenters. The lowest BCUT2D eigenvalue weighted by molar-refractivity contribution is -0.153. The van der Waals surface area contributed by atoms with Crippen molar-refractivity contribution >= 4 is 34.9 Å². The van der Waals surface area contributed by atoms with Crippen LogP contribution in [0.4, 0.5) is 9.59 Å². The summed E-state index contributed by atoms with van der Waals surface area (Å²) in [6, 6.07) is 0. The van der Waals surface area contributed by atoms with E-state index in [9.17, 15) is 19.2 Å². The fourth-order valence-electron chi connectivity index (χ4n) is 2.06. The summed E-state index contributed by atoms with van der Waals surface area (Å²) in [6.45, 7) is 0.316. The van der Waals surface area contributed by atoms with Crippen molar-refractivity contribution in [1.29, 1.82) is 0 Å². The molecule has 9 heteroatoms. The monoisotopic (exact) mass is 289 g/mol. The van der Waals surface area contributed by atoms with Gasteiger partial charge in [-0.1, -0.05) is 0 Å². The first-order chi connectivity index (χ1) is 8.84. The highest BCUT2D eigenvalue weighted by Crippen LogP contribution is 2.36. The summed E-state index contributed by atoms with van der Waals surface area (Å²) >= 11 is 5.18. The zero-order valence-corrected chi connectivity index (χ0v) is 10.6. The largest absolute Gasteiger partial charge is 0.465 e. The molecule has 0 spiro atoms. The van der Waals surface area contributed by atoms with E-state index >= 15 is 0 Å². The van der Waals surface area contributed by atoms with Crippen molar-refractivity contribution in [1.82, 2.24) is 15.1 Å². The van der Waals surface area contributed by atoms with Gasteiger partial charge in [0.05, 0.1) is 5.54 Å². The van der Waals surface area contributed by atoms with Gasteiger partial charge in [0.15, 0.2) is 0 Å². The summed E-state index contributed by atoms with van der Waals surface area (Å²) in [5, 5.41) is 10.1. The lowest BCUT2D eigenvalue weighted by atomic mass is 10.2. The number of hydrogen-bond donors (Lipinski definition) is 2. The minimum absolute atomic E-state index is 0.0239. The molecule has 1 saturated heterocycles. The van der Waals surface area contributed by atoms with Crippen LogP contribution >= 0.6 is 11.6 Å². The van der Waals surface area contributed by atoms with Crippen LogP contribution < -0.4 is 5.32 Å². The molecular formula is C10H12ClN3O5. The van der Waals surface area contributed by atoms with Crippen molar-refractivity contribution in [3.63, 3.8) is 0 Å². The van der Waals surface area contributed by atoms with E-state index in [1.165, 1.54) is 4.90 Å². The van der Waals surface area contributed by atoms with E-state index < -0.39 is 28.8 Å². The first kappa shape index (κ1) is 13.6. The fourth-order valence-corrected chi connectivity index (χ4v) is 2.22. The van der Waals surface area contributed by atoms with Crippen LogP contribution in [0.25, 0.3) is 0 Å². The van der Waals surface area contributed by atoms with Crippen LogP contribution in [0, 0.1) is 0 Å². The van der Waals surface area contributed by atoms with Crippen LogP contribution in [-0.4, -0.2) is 63.4 Å². The Hall–Kier alpha value is -1.83. The zero-order chi connectivity index (χ0) is 14.2. The second kappa shape index (κ2) is 4.69. The van der Waals surface area contributed by atoms with Crippen LogP contribution in [0.5, 0.6) is 0 Å². The van der Waals surface area contributed by atoms with Crippen molar-refractivity contribution < 1.29 is 24.3 Å². The van der Waals surface area contributed by atoms with Gasteiger partial charge in [-0.3, -0.25) is 19.3 Å². The quantitative estimate of drug-likeness (QED) is 0.426. The molecule has 0 aromatic rings. The summed E-state index contributed by atoms with van der Waals surface area (Å²) in [4.78, 5) is 46.8. The van der Waals surface area contributed by atoms with Crippen molar-refractivity contribution in [3.8, 4) is 0 Å². The molecule has 104 valence electrons. The zero-order valence-electron chi connectivity index (χ0n) is 9.89. The second-order valence-corrected chi connectivity index (χ2v) is 4.97. The Morgan fingerprint density at radius 3 is 2.37 bits per heavy atom. The van der Waals surface area contributed by atoms with Crippen LogP contribution in [-0.2, 0) is 9.59 Å². The molecule has 0 bridgehead atoms. The maximum atomic E-state index is 11.8. The first-order valence-corrected chi connectivity index (χ1v) is 6.04. The molecule has 0 radical (unpaired) electrons. The molecule has 0 aromatic heterocycles. The Balaban J connectivity index is 2.00. The number of halogens is 1. The normalized spacial score (nSPS) is 21.3. The smallest absolute Gasteiger partial charge is 0.405 e. The molecule has 1 heterocycles. The predicted octanol–water partition coefficient (Wildman–Crippen LogP) is -0.184. The summed E-state index contributed by atoms with van der Waals surface area (Å²) < 4.78 is 0. The standard InChI is InChI=1S/C10H12ClN3O5/c11-8(17)14-4-3-13(6(15)7(14)16)5-10(1-2-10)12-9(18)19/h12H,1-5H2,(H,18,19). The predicted molar refractivity (Wildman–Crippen MR) is 62.7 cm³/mol. The number of imide groups is 1. The molecular weight excluding hydrogens is 278 g/mol. The van der Waals surface area contributed by atoms with Crippen molar-refractivity contribution in [2.24, 2.45) is 0 Å². The highest BCUT2D eigenvalue weighted by atomic mass is 35.5. The van der Waals surface area contributed by atoms with Gasteiger partial charge in [0.2, 0.25) is 0 Å². The number of carbonyl (C=O) groups excluding carboxylic acids is 3. The van der Waals surface area contributed by atoms with E-state index in [1.807, 2.05) is 0 Å². The maximum absolute atomic E-state index is 11.8. The molecule has 1 aliphatic carbocycles. The minimum Gasteiger partial charge on any atom is -0.465 e. The average Bonchev–Trinajstić information content (AvgIpc) is 3.03. The van der Waals surface area contributed by atoms with Gasteiger partial charge in [-0.15, -0.1) is 0 Å². The number of carbonyl (C=O) groups is 4. The van der Waals surface area contributed by atoms with Crippen LogP contribution in [0.2, 0.25) is 0 Å². The number of nitrogens with zero attached hydrogens (tertiary/aromatic N) is 2. The van der Waals surface area contributed by atoms with Crippen molar-refractivity contribution in [3.05, 3.63) is 0 Å². The lowest BCUT2D eigenvalue weighted by Crippen LogP contribution is -2.58. The fraction of sp³-hybridized carbons (Fsp3) is 0.600. The Labute approximate surface area is 113 Å². The highest BCUT2D eigenvalue weighted by molar-refractivity contribution is 6.65. The van der Waals surface area contributed by atoms with Gasteiger partial charge < -0.3 is 15.3 Å². The van der Waals surface area contributed by atoms with Crippen LogP contribution in [0.15, 0.2) is 0 Å². The molecule has 2 aliphatic rings. The third-order valence-corrected chi connectivity index (χ3v) is 3.44. The number of hydrogen-bond acceptors (Lipinski definition) is 4. The highest BCUT2D eigenvalue weighted by Gasteiger charge is 2.48. The Bertz CT molecular complexity index is 462. The summed E-state index contributed by atoms with van der Waals surface area (Å²) in [5.41, 5.74) is -0.658. The van der Waals surface area contributed by atoms with Gasteiger partial charge in [-0.2, -0.15) is 0 Å². The van der Waals surface area contributed by atoms with E-state index in [0.717, 1.165) is 0 Å². The van der Waals surface area contributed by atoms with Gasteiger partial charge in [0.1, 0.15) is 0 Å². The van der Waals surface area contributed by atoms with Crippen LogP contribution in [0.3, 0.4) is 0 Å². The van der Waals surface area contributed by atoms with Gasteiger partial charge in [-0.25, -0.2) is 4.79 Å². The molecule has 0 aromatic carbocycles. The molecule has 2 fully saturated rings. The Morgan fingerprint density at radius 1 is 1.26 bits per heavy atom. The molecule has 19 heavy (non-hydrogen) atoms. The first-order valence-electron chi connectivity index (χ1n) is 5.66. The third kappa shape index (κ3) is 2.78. The third-order valence-electron chi connectivity index (χ3n) is 3.24. The van der Waals surface area contributed by atoms with Crippen molar-refractivity contribution in [2.45, 2.75) is 18.4 Å². The summed E-state index contributed by atoms with van der Waals surface area (Å²) in [7, 11) is 0. The topological polar surface area (TPSA) is 107 Å². The number of rotatable bonds is 3. The van der Waals surface area contributed by atoms with E-state index in [2.05, 4.69) is 5.32 Å². The molecule has 1 aliphatic heterocycles. The van der Waals surface area contributed by atoms with Gasteiger partial charge in [0, 0.05) is 19.6 Å². The number of piperazine rings is 1. The second-order valence-electron chi connectivity index (χ2n) is 4.65. The van der Waals surface area contributed by atoms with Gasteiger partial charge in [0.25, 0.3) is 0 Å². The van der Waals surface area contributed by atoms with E-state index in [0.29, 0.717) is 17.7 Å². The summed E-state index contributed by atoms with van der Waals surface area (Å²) in [6.07, 6.45) is 0.0797. The maximum Gasteiger partial charge on any atom is 0.405 e. The molecule has 4 amide bonds. The number of amides is 4. The lowest BCUT2D eigenvalue weighted by Gasteiger charge is -2.33. The molecule has 2 N–H and O–H groups in total. The van der Waals surface area contributed by atoms with Gasteiger partial charge in [-0.05, 0) is 24.4 Å². The molecule has 2 rings (SSSR count). The van der Waals surface area contributed by atoms with E-state index in [4.69, 9.17) is 16.7 Å². The van der Waals surface area contributed by atoms with Gasteiger partial charge >= 0.3 is 23.3 Å². The SMILES string of the molecule is O=C(O)NC1(CN2CCN(C(=O)Cl)C(=O)C2=O)CC1. The minimum atomic E-state index is -1.16. The van der Waals surface area contributed by atoms with E-state index in [-0.39, 0.29) is 19.6 Å².